The monoisotopic (exact) mass is 292 g/mol. The van der Waals surface area contributed by atoms with E-state index in [4.69, 9.17) is 15.9 Å². The third kappa shape index (κ3) is 3.66. The molecule has 6 heteroatoms. The minimum Gasteiger partial charge on any atom is -0.494 e. The van der Waals surface area contributed by atoms with Crippen molar-refractivity contribution in [2.45, 2.75) is 37.1 Å². The zero-order valence-corrected chi connectivity index (χ0v) is 12.6. The molecule has 4 N–H and O–H groups in total. The molecular weight excluding hydrogens is 272 g/mol. The maximum atomic E-state index is 7.39. The number of aromatic amines is 1. The van der Waals surface area contributed by atoms with Crippen molar-refractivity contribution in [3.8, 4) is 5.75 Å². The summed E-state index contributed by atoms with van der Waals surface area (Å²) >= 11 is 1.63. The molecule has 0 aliphatic heterocycles. The van der Waals surface area contributed by atoms with Gasteiger partial charge in [0.15, 0.2) is 5.16 Å². The van der Waals surface area contributed by atoms with Gasteiger partial charge in [-0.1, -0.05) is 18.7 Å². The fraction of sp³-hybridized carbons (Fsp3) is 0.429. The average Bonchev–Trinajstić information content (AvgIpc) is 2.79. The molecule has 5 nitrogen and oxygen atoms in total. The Kier molecular flexibility index (Phi) is 4.89. The minimum absolute atomic E-state index is 0.221. The fourth-order valence-electron chi connectivity index (χ4n) is 1.95. The Balaban J connectivity index is 2.16. The molecule has 0 aliphatic rings. The number of hydrogen-bond acceptors (Lipinski definition) is 4. The number of ether oxygens (including phenoxy) is 1. The van der Waals surface area contributed by atoms with Crippen molar-refractivity contribution in [3.05, 3.63) is 18.2 Å². The molecule has 0 fully saturated rings. The molecule has 2 rings (SSSR count). The average molecular weight is 292 g/mol. The lowest BCUT2D eigenvalue weighted by Crippen LogP contribution is -2.16. The molecule has 1 heterocycles. The highest BCUT2D eigenvalue weighted by Gasteiger charge is 2.13. The van der Waals surface area contributed by atoms with Crippen molar-refractivity contribution < 1.29 is 4.74 Å². The lowest BCUT2D eigenvalue weighted by molar-refractivity contribution is 0.340. The number of benzene rings is 1. The number of amidine groups is 1. The van der Waals surface area contributed by atoms with Crippen molar-refractivity contribution in [3.63, 3.8) is 0 Å². The summed E-state index contributed by atoms with van der Waals surface area (Å²) in [4.78, 5) is 7.84. The van der Waals surface area contributed by atoms with E-state index in [9.17, 15) is 0 Å². The molecule has 0 radical (unpaired) electrons. The normalized spacial score (nSPS) is 12.5. The van der Waals surface area contributed by atoms with Crippen molar-refractivity contribution in [1.29, 1.82) is 5.41 Å². The molecule has 0 saturated heterocycles. The number of nitrogens with one attached hydrogen (secondary N) is 2. The molecule has 1 unspecified atom stereocenters. The van der Waals surface area contributed by atoms with Crippen LogP contribution >= 0.6 is 11.8 Å². The summed E-state index contributed by atoms with van der Waals surface area (Å²) in [6.07, 6.45) is 1.54. The van der Waals surface area contributed by atoms with Gasteiger partial charge < -0.3 is 15.5 Å². The molecule has 0 aliphatic carbocycles. The molecule has 108 valence electrons. The summed E-state index contributed by atoms with van der Waals surface area (Å²) in [5, 5.41) is 8.53. The van der Waals surface area contributed by atoms with Crippen LogP contribution in [0.1, 0.15) is 26.7 Å². The van der Waals surface area contributed by atoms with Crippen LogP contribution in [-0.2, 0) is 0 Å². The molecule has 1 aromatic heterocycles. The van der Waals surface area contributed by atoms with E-state index in [2.05, 4.69) is 16.9 Å². The van der Waals surface area contributed by atoms with Crippen LogP contribution in [0.5, 0.6) is 5.75 Å². The number of thioether (sulfide) groups is 1. The Morgan fingerprint density at radius 2 is 2.30 bits per heavy atom. The highest BCUT2D eigenvalue weighted by Crippen LogP contribution is 2.28. The van der Waals surface area contributed by atoms with Gasteiger partial charge in [-0.25, -0.2) is 4.98 Å². The van der Waals surface area contributed by atoms with Gasteiger partial charge in [0.2, 0.25) is 0 Å². The van der Waals surface area contributed by atoms with Crippen LogP contribution in [0.4, 0.5) is 0 Å². The molecule has 0 saturated carbocycles. The van der Waals surface area contributed by atoms with Gasteiger partial charge in [0.1, 0.15) is 5.75 Å². The van der Waals surface area contributed by atoms with Gasteiger partial charge in [-0.05, 0) is 25.5 Å². The number of fused-ring (bicyclic) bond motifs is 1. The van der Waals surface area contributed by atoms with Crippen LogP contribution in [0.3, 0.4) is 0 Å². The first-order chi connectivity index (χ1) is 9.62. The standard InChI is InChI=1S/C14H20N4OS/c1-3-10(8-13(15)16)20-14-17-11-6-5-9(19-4-2)7-12(11)18-14/h5-7,10H,3-4,8H2,1-2H3,(H3,15,16)(H,17,18). The van der Waals surface area contributed by atoms with E-state index in [0.717, 1.165) is 28.4 Å². The maximum absolute atomic E-state index is 7.39. The summed E-state index contributed by atoms with van der Waals surface area (Å²) in [6, 6.07) is 5.84. The first-order valence-electron chi connectivity index (χ1n) is 6.74. The van der Waals surface area contributed by atoms with Gasteiger partial charge in [-0.3, -0.25) is 5.41 Å². The van der Waals surface area contributed by atoms with Gasteiger partial charge in [-0.2, -0.15) is 0 Å². The number of imidazole rings is 1. The second-order valence-corrected chi connectivity index (χ2v) is 5.82. The number of H-pyrrole nitrogens is 1. The highest BCUT2D eigenvalue weighted by atomic mass is 32.2. The molecule has 1 atom stereocenters. The number of hydrogen-bond donors (Lipinski definition) is 3. The van der Waals surface area contributed by atoms with Gasteiger partial charge in [0.05, 0.1) is 23.5 Å². The Labute approximate surface area is 122 Å². The van der Waals surface area contributed by atoms with Gasteiger partial charge in [-0.15, -0.1) is 0 Å². The van der Waals surface area contributed by atoms with Crippen LogP contribution in [0.2, 0.25) is 0 Å². The van der Waals surface area contributed by atoms with Crippen molar-refractivity contribution in [2.24, 2.45) is 5.73 Å². The SMILES string of the molecule is CCOc1ccc2nc(SC(CC)CC(=N)N)[nH]c2c1. The fourth-order valence-corrected chi connectivity index (χ4v) is 3.02. The van der Waals surface area contributed by atoms with Gasteiger partial charge >= 0.3 is 0 Å². The van der Waals surface area contributed by atoms with Crippen molar-refractivity contribution in [1.82, 2.24) is 9.97 Å². The molecule has 20 heavy (non-hydrogen) atoms. The summed E-state index contributed by atoms with van der Waals surface area (Å²) in [5.41, 5.74) is 7.37. The lowest BCUT2D eigenvalue weighted by Gasteiger charge is -2.10. The number of rotatable bonds is 7. The number of nitrogens with two attached hydrogens (primary N) is 1. The van der Waals surface area contributed by atoms with Crippen molar-refractivity contribution in [2.75, 3.05) is 6.61 Å². The van der Waals surface area contributed by atoms with E-state index in [1.54, 1.807) is 11.8 Å². The predicted octanol–water partition coefficient (Wildman–Crippen LogP) is 3.16. The topological polar surface area (TPSA) is 87.8 Å². The molecule has 0 amide bonds. The smallest absolute Gasteiger partial charge is 0.166 e. The van der Waals surface area contributed by atoms with Crippen LogP contribution in [0.25, 0.3) is 11.0 Å². The highest BCUT2D eigenvalue weighted by molar-refractivity contribution is 7.99. The van der Waals surface area contributed by atoms with E-state index in [-0.39, 0.29) is 11.1 Å². The summed E-state index contributed by atoms with van der Waals surface area (Å²) in [6.45, 7) is 4.71. The first kappa shape index (κ1) is 14.7. The quantitative estimate of drug-likeness (QED) is 0.415. The second-order valence-electron chi connectivity index (χ2n) is 4.53. The minimum atomic E-state index is 0.221. The van der Waals surface area contributed by atoms with Gasteiger partial charge in [0, 0.05) is 17.7 Å². The molecule has 1 aromatic carbocycles. The van der Waals surface area contributed by atoms with E-state index in [1.807, 2.05) is 25.1 Å². The van der Waals surface area contributed by atoms with E-state index < -0.39 is 0 Å². The van der Waals surface area contributed by atoms with Crippen LogP contribution in [0.15, 0.2) is 23.4 Å². The van der Waals surface area contributed by atoms with Crippen LogP contribution in [-0.4, -0.2) is 27.7 Å². The Hall–Kier alpha value is -1.69. The van der Waals surface area contributed by atoms with E-state index in [0.29, 0.717) is 13.0 Å². The third-order valence-electron chi connectivity index (χ3n) is 2.92. The molecule has 0 bridgehead atoms. The Morgan fingerprint density at radius 3 is 2.95 bits per heavy atom. The summed E-state index contributed by atoms with van der Waals surface area (Å²) in [5.74, 6) is 1.06. The van der Waals surface area contributed by atoms with E-state index in [1.165, 1.54) is 0 Å². The number of nitrogens with zero attached hydrogens (tertiary/aromatic N) is 1. The molecule has 0 spiro atoms. The molecular formula is C14H20N4OS. The zero-order valence-electron chi connectivity index (χ0n) is 11.8. The summed E-state index contributed by atoms with van der Waals surface area (Å²) < 4.78 is 5.48. The number of aromatic nitrogens is 2. The maximum Gasteiger partial charge on any atom is 0.166 e. The van der Waals surface area contributed by atoms with Crippen molar-refractivity contribution >= 4 is 28.6 Å². The van der Waals surface area contributed by atoms with E-state index >= 15 is 0 Å². The molecule has 2 aromatic rings. The second kappa shape index (κ2) is 6.65. The Morgan fingerprint density at radius 1 is 1.50 bits per heavy atom. The first-order valence-corrected chi connectivity index (χ1v) is 7.62. The predicted molar refractivity (Wildman–Crippen MR) is 83.7 cm³/mol. The van der Waals surface area contributed by atoms with Crippen LogP contribution in [0, 0.1) is 5.41 Å². The van der Waals surface area contributed by atoms with Crippen LogP contribution < -0.4 is 10.5 Å². The largest absolute Gasteiger partial charge is 0.494 e. The van der Waals surface area contributed by atoms with Gasteiger partial charge in [0.25, 0.3) is 0 Å². The Bertz CT molecular complexity index is 596. The zero-order chi connectivity index (χ0) is 14.5. The lowest BCUT2D eigenvalue weighted by atomic mass is 10.2. The third-order valence-corrected chi connectivity index (χ3v) is 4.17. The summed E-state index contributed by atoms with van der Waals surface area (Å²) in [7, 11) is 0.